The molecule has 1 saturated heterocycles. The molecule has 1 N–H and O–H groups in total. The van der Waals surface area contributed by atoms with Gasteiger partial charge in [0.25, 0.3) is 0 Å². The minimum Gasteiger partial charge on any atom is -0.467 e. The standard InChI is InChI=1S/C24H24F4N6O4S/c1-13-8-20(34(14(13)2)39(36,37)18-6-4-16(25)5-7-18)21(35)29-12-17-9-19(33-23(32-17)38-3)15-10-30-22(31-11-15)24(26,27)28/h4-7,9-11,13-14,20H,8,12H2,1-3H3,(H,29,35)/t13-,14+,20+/m1/s1. The second-order valence-corrected chi connectivity index (χ2v) is 10.8. The number of nitrogens with zero attached hydrogens (tertiary/aromatic N) is 5. The maximum Gasteiger partial charge on any atom is 0.451 e. The number of nitrogens with one attached hydrogen (secondary N) is 1. The van der Waals surface area contributed by atoms with Gasteiger partial charge in [-0.3, -0.25) is 4.79 Å². The molecule has 0 aliphatic carbocycles. The van der Waals surface area contributed by atoms with Gasteiger partial charge in [0.05, 0.1) is 29.9 Å². The van der Waals surface area contributed by atoms with Crippen LogP contribution in [0.15, 0.2) is 47.6 Å². The van der Waals surface area contributed by atoms with Crippen LogP contribution < -0.4 is 10.1 Å². The zero-order chi connectivity index (χ0) is 28.5. The number of sulfonamides is 1. The van der Waals surface area contributed by atoms with Crippen molar-refractivity contribution in [2.45, 2.75) is 50.0 Å². The summed E-state index contributed by atoms with van der Waals surface area (Å²) in [6.45, 7) is 3.38. The van der Waals surface area contributed by atoms with E-state index in [9.17, 15) is 30.8 Å². The average molecular weight is 569 g/mol. The normalized spacial score (nSPS) is 20.1. The van der Waals surface area contributed by atoms with Gasteiger partial charge in [-0.25, -0.2) is 22.8 Å². The highest BCUT2D eigenvalue weighted by Gasteiger charge is 2.47. The molecule has 1 aliphatic rings. The highest BCUT2D eigenvalue weighted by molar-refractivity contribution is 7.89. The molecule has 3 atom stereocenters. The van der Waals surface area contributed by atoms with Gasteiger partial charge in [-0.15, -0.1) is 0 Å². The number of benzene rings is 1. The molecule has 1 amide bonds. The molecule has 15 heteroatoms. The van der Waals surface area contributed by atoms with E-state index in [1.165, 1.54) is 13.2 Å². The number of alkyl halides is 3. The molecule has 0 bridgehead atoms. The van der Waals surface area contributed by atoms with Crippen molar-refractivity contribution in [1.82, 2.24) is 29.6 Å². The summed E-state index contributed by atoms with van der Waals surface area (Å²) in [5.41, 5.74) is 0.562. The van der Waals surface area contributed by atoms with Crippen LogP contribution in [0, 0.1) is 11.7 Å². The fourth-order valence-electron chi connectivity index (χ4n) is 4.23. The van der Waals surface area contributed by atoms with E-state index in [0.717, 1.165) is 41.0 Å². The SMILES string of the molecule is COc1nc(CNC(=O)[C@@H]2C[C@@H](C)[C@H](C)N2S(=O)(=O)c2ccc(F)cc2)cc(-c2cnc(C(F)(F)F)nc2)n1. The molecule has 10 nitrogen and oxygen atoms in total. The van der Waals surface area contributed by atoms with Gasteiger partial charge in [-0.1, -0.05) is 6.92 Å². The van der Waals surface area contributed by atoms with Gasteiger partial charge in [-0.2, -0.15) is 27.4 Å². The van der Waals surface area contributed by atoms with Crippen LogP contribution in [-0.4, -0.2) is 57.8 Å². The van der Waals surface area contributed by atoms with Crippen molar-refractivity contribution >= 4 is 15.9 Å². The van der Waals surface area contributed by atoms with Gasteiger partial charge in [0.1, 0.15) is 11.9 Å². The molecule has 1 fully saturated rings. The zero-order valence-corrected chi connectivity index (χ0v) is 21.8. The first-order chi connectivity index (χ1) is 18.3. The van der Waals surface area contributed by atoms with Gasteiger partial charge in [0.15, 0.2) is 0 Å². The van der Waals surface area contributed by atoms with Gasteiger partial charge in [0, 0.05) is 24.0 Å². The molecule has 4 rings (SSSR count). The minimum atomic E-state index is -4.70. The minimum absolute atomic E-state index is 0.111. The molecule has 3 aromatic rings. The number of hydrogen-bond acceptors (Lipinski definition) is 8. The van der Waals surface area contributed by atoms with Crippen LogP contribution in [0.25, 0.3) is 11.3 Å². The Balaban J connectivity index is 1.55. The predicted octanol–water partition coefficient (Wildman–Crippen LogP) is 3.20. The van der Waals surface area contributed by atoms with Gasteiger partial charge in [0.2, 0.25) is 21.8 Å². The summed E-state index contributed by atoms with van der Waals surface area (Å²) in [6, 6.07) is 4.14. The van der Waals surface area contributed by atoms with E-state index in [1.807, 2.05) is 6.92 Å². The second kappa shape index (κ2) is 10.8. The van der Waals surface area contributed by atoms with Crippen LogP contribution in [0.4, 0.5) is 17.6 Å². The van der Waals surface area contributed by atoms with Crippen molar-refractivity contribution in [1.29, 1.82) is 0 Å². The molecule has 0 saturated carbocycles. The fourth-order valence-corrected chi connectivity index (χ4v) is 6.12. The van der Waals surface area contributed by atoms with Crippen molar-refractivity contribution in [2.24, 2.45) is 5.92 Å². The Morgan fingerprint density at radius 1 is 1.13 bits per heavy atom. The second-order valence-electron chi connectivity index (χ2n) is 9.00. The maximum atomic E-state index is 13.4. The molecule has 2 aromatic heterocycles. The quantitative estimate of drug-likeness (QED) is 0.431. The summed E-state index contributed by atoms with van der Waals surface area (Å²) >= 11 is 0. The van der Waals surface area contributed by atoms with E-state index >= 15 is 0 Å². The largest absolute Gasteiger partial charge is 0.467 e. The zero-order valence-electron chi connectivity index (χ0n) is 21.0. The number of ether oxygens (including phenoxy) is 1. The highest BCUT2D eigenvalue weighted by atomic mass is 32.2. The van der Waals surface area contributed by atoms with Crippen molar-refractivity contribution < 1.29 is 35.5 Å². The number of carbonyl (C=O) groups excluding carboxylic acids is 1. The third kappa shape index (κ3) is 5.98. The van der Waals surface area contributed by atoms with E-state index in [-0.39, 0.29) is 46.7 Å². The third-order valence-electron chi connectivity index (χ3n) is 6.40. The Morgan fingerprint density at radius 3 is 2.36 bits per heavy atom. The lowest BCUT2D eigenvalue weighted by Crippen LogP contribution is -2.48. The Hall–Kier alpha value is -3.72. The first-order valence-electron chi connectivity index (χ1n) is 11.7. The highest BCUT2D eigenvalue weighted by Crippen LogP contribution is 2.35. The molecule has 1 aromatic carbocycles. The van der Waals surface area contributed by atoms with Crippen LogP contribution in [-0.2, 0) is 27.5 Å². The van der Waals surface area contributed by atoms with Crippen molar-refractivity contribution in [3.05, 3.63) is 60.1 Å². The molecular weight excluding hydrogens is 544 g/mol. The third-order valence-corrected chi connectivity index (χ3v) is 8.41. The number of methoxy groups -OCH3 is 1. The van der Waals surface area contributed by atoms with Crippen LogP contribution >= 0.6 is 0 Å². The number of halogens is 4. The first-order valence-corrected chi connectivity index (χ1v) is 13.1. The Kier molecular flexibility index (Phi) is 7.84. The fraction of sp³-hybridized carbons (Fsp3) is 0.375. The van der Waals surface area contributed by atoms with E-state index in [2.05, 4.69) is 25.3 Å². The lowest BCUT2D eigenvalue weighted by atomic mass is 10.0. The lowest BCUT2D eigenvalue weighted by molar-refractivity contribution is -0.145. The smallest absolute Gasteiger partial charge is 0.451 e. The van der Waals surface area contributed by atoms with Crippen LogP contribution in [0.2, 0.25) is 0 Å². The van der Waals surface area contributed by atoms with E-state index in [0.29, 0.717) is 0 Å². The molecule has 39 heavy (non-hydrogen) atoms. The predicted molar refractivity (Wildman–Crippen MR) is 129 cm³/mol. The molecule has 0 spiro atoms. The van der Waals surface area contributed by atoms with Crippen molar-refractivity contribution in [3.63, 3.8) is 0 Å². The number of rotatable bonds is 7. The Bertz CT molecular complexity index is 1450. The van der Waals surface area contributed by atoms with E-state index in [4.69, 9.17) is 4.74 Å². The molecule has 0 radical (unpaired) electrons. The summed E-state index contributed by atoms with van der Waals surface area (Å²) < 4.78 is 84.7. The topological polar surface area (TPSA) is 127 Å². The van der Waals surface area contributed by atoms with Crippen molar-refractivity contribution in [3.8, 4) is 17.3 Å². The number of hydrogen-bond donors (Lipinski definition) is 1. The monoisotopic (exact) mass is 568 g/mol. The number of carbonyl (C=O) groups is 1. The lowest BCUT2D eigenvalue weighted by Gasteiger charge is -2.27. The Labute approximate surface area is 221 Å². The number of aromatic nitrogens is 4. The molecular formula is C24H24F4N6O4S. The summed E-state index contributed by atoms with van der Waals surface area (Å²) in [4.78, 5) is 28.0. The first kappa shape index (κ1) is 28.3. The summed E-state index contributed by atoms with van der Waals surface area (Å²) in [5, 5.41) is 2.67. The maximum absolute atomic E-state index is 13.4. The van der Waals surface area contributed by atoms with Gasteiger partial charge < -0.3 is 10.1 Å². The van der Waals surface area contributed by atoms with E-state index < -0.39 is 45.8 Å². The van der Waals surface area contributed by atoms with E-state index in [1.54, 1.807) is 6.92 Å². The van der Waals surface area contributed by atoms with Crippen LogP contribution in [0.3, 0.4) is 0 Å². The van der Waals surface area contributed by atoms with Crippen LogP contribution in [0.1, 0.15) is 31.8 Å². The Morgan fingerprint density at radius 2 is 1.77 bits per heavy atom. The summed E-state index contributed by atoms with van der Waals surface area (Å²) in [6.07, 6.45) is -2.53. The summed E-state index contributed by atoms with van der Waals surface area (Å²) in [7, 11) is -2.82. The molecule has 208 valence electrons. The average Bonchev–Trinajstić information content (AvgIpc) is 3.21. The van der Waals surface area contributed by atoms with Gasteiger partial charge >= 0.3 is 12.2 Å². The van der Waals surface area contributed by atoms with Crippen LogP contribution in [0.5, 0.6) is 6.01 Å². The number of amides is 1. The molecule has 0 unspecified atom stereocenters. The summed E-state index contributed by atoms with van der Waals surface area (Å²) in [5.74, 6) is -2.61. The van der Waals surface area contributed by atoms with Gasteiger partial charge in [-0.05, 0) is 49.6 Å². The van der Waals surface area contributed by atoms with Crippen molar-refractivity contribution in [2.75, 3.05) is 7.11 Å². The molecule has 1 aliphatic heterocycles. The molecule has 3 heterocycles.